The molecule has 85 heavy (non-hydrogen) atoms. The SMILES string of the molecule is CC(C)(C)[C@@H](CS(=O)(=O)N1CCN(C(=O)CCCCCNC(=O)CN2CCN(C(=O)c3ccc(Nc4nc(C5CC5)cn5c(-c6cn[nH]c6)cnc45)c(F)c3)CC2)CC1)N1C(=O)[C@@](C)(CC(=O)O)C[C@H](c2cccc(Cl)c2)[C@H]1c1ccc(Cl)cc1. The van der Waals surface area contributed by atoms with Crippen LogP contribution in [0.15, 0.2) is 91.5 Å². The maximum atomic E-state index is 15.7. The van der Waals surface area contributed by atoms with Gasteiger partial charge in [0.15, 0.2) is 11.5 Å². The Morgan fingerprint density at radius 3 is 2.27 bits per heavy atom. The van der Waals surface area contributed by atoms with Crippen LogP contribution >= 0.6 is 23.2 Å². The second kappa shape index (κ2) is 25.5. The van der Waals surface area contributed by atoms with Gasteiger partial charge in [0.1, 0.15) is 5.82 Å². The van der Waals surface area contributed by atoms with Crippen molar-refractivity contribution in [2.24, 2.45) is 10.8 Å². The Morgan fingerprint density at radius 2 is 1.61 bits per heavy atom. The monoisotopic (exact) mass is 1220 g/mol. The number of aliphatic carboxylic acids is 1. The van der Waals surface area contributed by atoms with E-state index in [1.165, 1.54) is 16.4 Å². The normalized spacial score (nSPS) is 20.4. The molecule has 6 aromatic rings. The smallest absolute Gasteiger partial charge is 0.304 e. The van der Waals surface area contributed by atoms with E-state index in [-0.39, 0.29) is 74.5 Å². The van der Waals surface area contributed by atoms with Crippen LogP contribution in [-0.2, 0) is 29.2 Å². The van der Waals surface area contributed by atoms with E-state index in [0.717, 1.165) is 40.9 Å². The third-order valence-electron chi connectivity index (χ3n) is 17.0. The summed E-state index contributed by atoms with van der Waals surface area (Å²) in [5, 5.41) is 24.1. The number of amides is 4. The van der Waals surface area contributed by atoms with Crippen LogP contribution in [0.3, 0.4) is 0 Å². The number of nitrogens with zero attached hydrogens (tertiary/aromatic N) is 9. The minimum Gasteiger partial charge on any atom is -0.481 e. The van der Waals surface area contributed by atoms with Gasteiger partial charge < -0.3 is 30.4 Å². The fraction of sp³-hybridized carbons (Fsp3) is 0.475. The average molecular weight is 1220 g/mol. The number of carboxylic acid groups (broad SMARTS) is 1. The molecular weight excluding hydrogens is 1150 g/mol. The van der Waals surface area contributed by atoms with Crippen LogP contribution in [0.2, 0.25) is 10.0 Å². The molecule has 3 aromatic heterocycles. The van der Waals surface area contributed by atoms with Crippen molar-refractivity contribution in [2.75, 3.05) is 76.5 Å². The van der Waals surface area contributed by atoms with Gasteiger partial charge in [0.25, 0.3) is 5.91 Å². The molecule has 3 aromatic carbocycles. The lowest BCUT2D eigenvalue weighted by Gasteiger charge is -2.54. The van der Waals surface area contributed by atoms with Crippen LogP contribution in [0.4, 0.5) is 15.9 Å². The highest BCUT2D eigenvalue weighted by Crippen LogP contribution is 2.54. The lowest BCUT2D eigenvalue weighted by atomic mass is 9.66. The molecule has 3 saturated heterocycles. The number of anilines is 2. The third kappa shape index (κ3) is 14.2. The molecule has 6 heterocycles. The van der Waals surface area contributed by atoms with Crippen LogP contribution in [0, 0.1) is 16.6 Å². The Hall–Kier alpha value is -6.98. The standard InChI is InChI=1S/C61H73Cl2FN12O8S/c1-60(2,3)51(76-55(40-14-17-44(62)18-15-40)46(41-9-8-10-45(63)29-41)31-61(4,59(76)82)32-54(79)80)38-85(83,84)74-27-25-72(26-28-74)53(78)11-6-5-7-20-65-52(77)37-71-21-23-73(24-22-71)58(81)42-16-19-48(47(64)30-42)69-56-57-66-35-50(43-33-67-68-34-43)75(57)36-49(70-56)39-12-13-39/h8-10,14-19,29-30,33-36,39,46,51,55H,5-7,11-13,20-28,31-32,37-38H2,1-4H3,(H,65,77)(H,67,68)(H,69,70)(H,79,80)/t46-,51-,55-,61-/m1/s1. The number of halogens is 3. The summed E-state index contributed by atoms with van der Waals surface area (Å²) in [6.07, 6.45) is 11.2. The first-order valence-electron chi connectivity index (χ1n) is 29.1. The minimum absolute atomic E-state index is 0.0751. The molecule has 0 unspecified atom stereocenters. The molecule has 1 saturated carbocycles. The molecule has 10 rings (SSSR count). The van der Waals surface area contributed by atoms with E-state index in [1.807, 2.05) is 66.6 Å². The van der Waals surface area contributed by atoms with Crippen molar-refractivity contribution < 1.29 is 41.9 Å². The summed E-state index contributed by atoms with van der Waals surface area (Å²) < 4.78 is 48.3. The summed E-state index contributed by atoms with van der Waals surface area (Å²) in [6, 6.07) is 17.1. The van der Waals surface area contributed by atoms with Gasteiger partial charge in [-0.1, -0.05) is 81.6 Å². The highest BCUT2D eigenvalue weighted by molar-refractivity contribution is 7.89. The largest absolute Gasteiger partial charge is 0.481 e. The van der Waals surface area contributed by atoms with E-state index in [9.17, 15) is 32.7 Å². The lowest BCUT2D eigenvalue weighted by Crippen LogP contribution is -2.61. The number of nitrogens with one attached hydrogen (secondary N) is 3. The number of H-pyrrole nitrogens is 1. The summed E-state index contributed by atoms with van der Waals surface area (Å²) in [6.45, 7) is 10.1. The topological polar surface area (TPSA) is 239 Å². The average Bonchev–Trinajstić information content (AvgIpc) is 1.52. The molecule has 4 N–H and O–H groups in total. The quantitative estimate of drug-likeness (QED) is 0.0494. The van der Waals surface area contributed by atoms with Crippen molar-refractivity contribution in [3.63, 3.8) is 0 Å². The van der Waals surface area contributed by atoms with Crippen LogP contribution in [0.5, 0.6) is 0 Å². The van der Waals surface area contributed by atoms with Gasteiger partial charge in [0, 0.05) is 111 Å². The number of piperidine rings is 1. The zero-order valence-electron chi connectivity index (χ0n) is 48.3. The Bertz CT molecular complexity index is 3550. The summed E-state index contributed by atoms with van der Waals surface area (Å²) in [7, 11) is -4.06. The van der Waals surface area contributed by atoms with Gasteiger partial charge in [0.2, 0.25) is 27.7 Å². The molecule has 0 spiro atoms. The number of fused-ring (bicyclic) bond motifs is 1. The number of unbranched alkanes of at least 4 members (excludes halogenated alkanes) is 2. The summed E-state index contributed by atoms with van der Waals surface area (Å²) in [5.41, 5.74) is 2.80. The molecule has 4 atom stereocenters. The number of aromatic nitrogens is 5. The van der Waals surface area contributed by atoms with Crippen molar-refractivity contribution in [3.05, 3.63) is 130 Å². The fourth-order valence-electron chi connectivity index (χ4n) is 12.2. The van der Waals surface area contributed by atoms with Crippen molar-refractivity contribution in [2.45, 2.75) is 103 Å². The maximum absolute atomic E-state index is 15.7. The number of sulfonamides is 1. The van der Waals surface area contributed by atoms with Gasteiger partial charge in [-0.2, -0.15) is 9.40 Å². The molecule has 20 nitrogen and oxygen atoms in total. The molecule has 1 aliphatic carbocycles. The van der Waals surface area contributed by atoms with E-state index >= 15 is 9.18 Å². The highest BCUT2D eigenvalue weighted by Gasteiger charge is 2.55. The van der Waals surface area contributed by atoms with Crippen molar-refractivity contribution >= 4 is 80.0 Å². The zero-order chi connectivity index (χ0) is 60.4. The van der Waals surface area contributed by atoms with Gasteiger partial charge in [-0.3, -0.25) is 38.4 Å². The molecule has 4 aliphatic rings. The van der Waals surface area contributed by atoms with E-state index in [2.05, 4.69) is 25.8 Å². The fourth-order valence-corrected chi connectivity index (χ4v) is 14.5. The van der Waals surface area contributed by atoms with Gasteiger partial charge in [0.05, 0.1) is 65.7 Å². The van der Waals surface area contributed by atoms with Crippen LogP contribution in [-0.4, -0.2) is 169 Å². The van der Waals surface area contributed by atoms with Crippen molar-refractivity contribution in [1.82, 2.24) is 53.8 Å². The van der Waals surface area contributed by atoms with Crippen LogP contribution < -0.4 is 10.6 Å². The summed E-state index contributed by atoms with van der Waals surface area (Å²) >= 11 is 12.9. The first-order valence-corrected chi connectivity index (χ1v) is 31.4. The molecular formula is C61H73Cl2FN12O8S. The Morgan fingerprint density at radius 1 is 0.882 bits per heavy atom. The van der Waals surface area contributed by atoms with Crippen LogP contribution in [0.25, 0.3) is 16.9 Å². The second-order valence-corrected chi connectivity index (χ2v) is 27.2. The number of aromatic amines is 1. The highest BCUT2D eigenvalue weighted by atomic mass is 35.5. The van der Waals surface area contributed by atoms with E-state index in [4.69, 9.17) is 28.2 Å². The maximum Gasteiger partial charge on any atom is 0.304 e. The zero-order valence-corrected chi connectivity index (χ0v) is 50.6. The number of rotatable bonds is 21. The lowest BCUT2D eigenvalue weighted by molar-refractivity contribution is -0.162. The number of piperazine rings is 2. The minimum atomic E-state index is -4.06. The van der Waals surface area contributed by atoms with Gasteiger partial charge in [-0.15, -0.1) is 0 Å². The first-order chi connectivity index (χ1) is 40.5. The molecule has 0 bridgehead atoms. The molecule has 24 heteroatoms. The number of benzene rings is 3. The number of carbonyl (C=O) groups is 5. The molecule has 3 aliphatic heterocycles. The van der Waals surface area contributed by atoms with E-state index < -0.39 is 68.7 Å². The summed E-state index contributed by atoms with van der Waals surface area (Å²) in [4.78, 5) is 83.8. The molecule has 0 radical (unpaired) electrons. The molecule has 452 valence electrons. The number of imidazole rings is 1. The second-order valence-electron chi connectivity index (χ2n) is 24.3. The number of carbonyl (C=O) groups excluding carboxylic acids is 4. The van der Waals surface area contributed by atoms with E-state index in [0.29, 0.717) is 79.4 Å². The van der Waals surface area contributed by atoms with Crippen molar-refractivity contribution in [1.29, 1.82) is 0 Å². The predicted octanol–water partition coefficient (Wildman–Crippen LogP) is 8.75. The van der Waals surface area contributed by atoms with Crippen LogP contribution in [0.1, 0.15) is 124 Å². The van der Waals surface area contributed by atoms with Gasteiger partial charge in [-0.05, 0) is 91.1 Å². The molecule has 4 amide bonds. The number of hydrogen-bond donors (Lipinski definition) is 4. The predicted molar refractivity (Wildman–Crippen MR) is 321 cm³/mol. The first kappa shape index (κ1) is 61.1. The Kier molecular flexibility index (Phi) is 18.4. The number of hydrogen-bond acceptors (Lipinski definition) is 12. The number of likely N-dealkylation sites (tertiary alicyclic amines) is 1. The Balaban J connectivity index is 0.662. The van der Waals surface area contributed by atoms with E-state index in [1.54, 1.807) is 64.5 Å². The molecule has 4 fully saturated rings. The van der Waals surface area contributed by atoms with Crippen molar-refractivity contribution in [3.8, 4) is 11.3 Å². The van der Waals surface area contributed by atoms with Gasteiger partial charge in [-0.25, -0.2) is 22.8 Å². The Labute approximate surface area is 504 Å². The van der Waals surface area contributed by atoms with Gasteiger partial charge >= 0.3 is 5.97 Å². The summed E-state index contributed by atoms with van der Waals surface area (Å²) in [5.74, 6) is -2.88. The number of carboxylic acids is 1. The third-order valence-corrected chi connectivity index (χ3v) is 19.4.